The minimum Gasteiger partial charge on any atom is -0.444 e. The molecule has 3 aromatic rings. The summed E-state index contributed by atoms with van der Waals surface area (Å²) < 4.78 is 8.65. The summed E-state index contributed by atoms with van der Waals surface area (Å²) in [4.78, 5) is 29.0. The Hall–Kier alpha value is -2.45. The van der Waals surface area contributed by atoms with Crippen molar-refractivity contribution < 1.29 is 9.53 Å². The number of fused-ring (bicyclic) bond motifs is 1. The summed E-state index contributed by atoms with van der Waals surface area (Å²) in [5.74, 6) is 0.588. The molecule has 1 amide bonds. The van der Waals surface area contributed by atoms with Gasteiger partial charge in [-0.25, -0.2) is 9.31 Å². The summed E-state index contributed by atoms with van der Waals surface area (Å²) >= 11 is 7.88. The van der Waals surface area contributed by atoms with E-state index in [2.05, 4.69) is 0 Å². The van der Waals surface area contributed by atoms with Gasteiger partial charge in [0, 0.05) is 23.6 Å². The number of carbonyl (C=O) groups is 1. The van der Waals surface area contributed by atoms with Crippen LogP contribution in [0.1, 0.15) is 39.6 Å². The second-order valence-electron chi connectivity index (χ2n) is 8.71. The molecule has 0 radical (unpaired) electrons. The van der Waals surface area contributed by atoms with E-state index in [1.807, 2.05) is 58.2 Å². The maximum atomic E-state index is 13.6. The SMILES string of the molecule is CSc1cccc(-n2c([C@@H]3[C@@H](C)CN3C(=O)OC(C)(C)C)nn3ccc(Cl)c3c2=O)c1. The molecule has 0 spiro atoms. The molecule has 1 aliphatic heterocycles. The van der Waals surface area contributed by atoms with E-state index in [1.165, 1.54) is 4.52 Å². The summed E-state index contributed by atoms with van der Waals surface area (Å²) in [5, 5.41) is 5.07. The number of nitrogens with zero attached hydrogens (tertiary/aromatic N) is 4. The number of ether oxygens (including phenoxy) is 1. The standard InChI is InChI=1S/C22H25ClN4O3S/c1-13-12-25(21(29)30-22(2,3)4)17(13)19-24-26-10-9-16(23)18(26)20(28)27(19)14-7-6-8-15(11-14)31-5/h6-11,13,17H,12H2,1-5H3/t13-,17-/m0/s1. The third-order valence-electron chi connectivity index (χ3n) is 5.23. The molecule has 4 rings (SSSR count). The van der Waals surface area contributed by atoms with Crippen LogP contribution in [0, 0.1) is 5.92 Å². The van der Waals surface area contributed by atoms with Crippen molar-refractivity contribution in [3.63, 3.8) is 0 Å². The monoisotopic (exact) mass is 460 g/mol. The lowest BCUT2D eigenvalue weighted by Crippen LogP contribution is -2.54. The average Bonchev–Trinajstić information content (AvgIpc) is 3.05. The summed E-state index contributed by atoms with van der Waals surface area (Å²) in [7, 11) is 0. The fourth-order valence-electron chi connectivity index (χ4n) is 3.83. The van der Waals surface area contributed by atoms with Gasteiger partial charge in [0.1, 0.15) is 11.1 Å². The minimum absolute atomic E-state index is 0.109. The molecule has 1 fully saturated rings. The van der Waals surface area contributed by atoms with Crippen LogP contribution in [0.3, 0.4) is 0 Å². The van der Waals surface area contributed by atoms with Crippen LogP contribution in [0.2, 0.25) is 5.02 Å². The first-order chi connectivity index (χ1) is 14.6. The summed E-state index contributed by atoms with van der Waals surface area (Å²) in [5.41, 5.74) is 0.0950. The topological polar surface area (TPSA) is 68.8 Å². The van der Waals surface area contributed by atoms with Crippen molar-refractivity contribution >= 4 is 35.0 Å². The Morgan fingerprint density at radius 2 is 2.03 bits per heavy atom. The molecule has 2 aromatic heterocycles. The van der Waals surface area contributed by atoms with Gasteiger partial charge in [-0.05, 0) is 51.3 Å². The summed E-state index contributed by atoms with van der Waals surface area (Å²) in [6.45, 7) is 8.06. The number of hydrogen-bond donors (Lipinski definition) is 0. The summed E-state index contributed by atoms with van der Waals surface area (Å²) in [6.07, 6.45) is 3.22. The van der Waals surface area contributed by atoms with E-state index >= 15 is 0 Å². The number of hydrogen-bond acceptors (Lipinski definition) is 5. The Morgan fingerprint density at radius 3 is 2.68 bits per heavy atom. The fourth-order valence-corrected chi connectivity index (χ4v) is 4.51. The average molecular weight is 461 g/mol. The van der Waals surface area contributed by atoms with Crippen molar-refractivity contribution in [1.29, 1.82) is 0 Å². The lowest BCUT2D eigenvalue weighted by atomic mass is 9.90. The number of thioether (sulfide) groups is 1. The predicted molar refractivity (Wildman–Crippen MR) is 122 cm³/mol. The zero-order valence-electron chi connectivity index (χ0n) is 18.1. The molecular weight excluding hydrogens is 436 g/mol. The third kappa shape index (κ3) is 3.94. The number of halogens is 1. The van der Waals surface area contributed by atoms with Crippen LogP contribution >= 0.6 is 23.4 Å². The second kappa shape index (κ2) is 7.91. The number of likely N-dealkylation sites (tertiary alicyclic amines) is 1. The number of benzene rings is 1. The van der Waals surface area contributed by atoms with Crippen molar-refractivity contribution in [3.05, 3.63) is 57.7 Å². The first kappa shape index (κ1) is 21.8. The van der Waals surface area contributed by atoms with Crippen LogP contribution in [-0.4, -0.2) is 43.6 Å². The number of carbonyl (C=O) groups excluding carboxylic acids is 1. The lowest BCUT2D eigenvalue weighted by molar-refractivity contribution is -0.0303. The molecule has 1 aliphatic rings. The molecule has 7 nitrogen and oxygen atoms in total. The van der Waals surface area contributed by atoms with Gasteiger partial charge in [0.25, 0.3) is 5.56 Å². The molecule has 164 valence electrons. The highest BCUT2D eigenvalue weighted by Gasteiger charge is 2.45. The van der Waals surface area contributed by atoms with E-state index in [1.54, 1.807) is 33.5 Å². The minimum atomic E-state index is -0.613. The second-order valence-corrected chi connectivity index (χ2v) is 10.00. The van der Waals surface area contributed by atoms with Crippen molar-refractivity contribution in [2.75, 3.05) is 12.8 Å². The molecule has 0 aliphatic carbocycles. The highest BCUT2D eigenvalue weighted by Crippen LogP contribution is 2.39. The van der Waals surface area contributed by atoms with Crippen LogP contribution in [0.4, 0.5) is 4.79 Å². The van der Waals surface area contributed by atoms with Crippen molar-refractivity contribution in [1.82, 2.24) is 19.1 Å². The first-order valence-electron chi connectivity index (χ1n) is 10.0. The smallest absolute Gasteiger partial charge is 0.410 e. The molecule has 0 N–H and O–H groups in total. The van der Waals surface area contributed by atoms with Gasteiger partial charge in [-0.15, -0.1) is 11.8 Å². The van der Waals surface area contributed by atoms with E-state index in [0.717, 1.165) is 4.90 Å². The van der Waals surface area contributed by atoms with Crippen LogP contribution in [0.5, 0.6) is 0 Å². The van der Waals surface area contributed by atoms with Gasteiger partial charge in [0.2, 0.25) is 0 Å². The fraction of sp³-hybridized carbons (Fsp3) is 0.409. The maximum Gasteiger partial charge on any atom is 0.410 e. The predicted octanol–water partition coefficient (Wildman–Crippen LogP) is 4.79. The van der Waals surface area contributed by atoms with Gasteiger partial charge in [-0.3, -0.25) is 14.3 Å². The molecule has 1 saturated heterocycles. The van der Waals surface area contributed by atoms with Crippen LogP contribution in [0.15, 0.2) is 46.2 Å². The largest absolute Gasteiger partial charge is 0.444 e. The Labute approximate surface area is 189 Å². The number of amides is 1. The number of rotatable bonds is 3. The molecule has 0 unspecified atom stereocenters. The Balaban J connectivity index is 1.90. The Bertz CT molecular complexity index is 1210. The molecule has 9 heteroatoms. The Kier molecular flexibility index (Phi) is 5.55. The van der Waals surface area contributed by atoms with Crippen LogP contribution < -0.4 is 5.56 Å². The molecule has 31 heavy (non-hydrogen) atoms. The van der Waals surface area contributed by atoms with E-state index in [-0.39, 0.29) is 11.5 Å². The highest BCUT2D eigenvalue weighted by molar-refractivity contribution is 7.98. The van der Waals surface area contributed by atoms with Gasteiger partial charge in [-0.2, -0.15) is 5.10 Å². The third-order valence-corrected chi connectivity index (χ3v) is 6.26. The maximum absolute atomic E-state index is 13.6. The first-order valence-corrected chi connectivity index (χ1v) is 11.6. The molecule has 3 heterocycles. The molecule has 1 aromatic carbocycles. The van der Waals surface area contributed by atoms with Crippen molar-refractivity contribution in [3.8, 4) is 5.69 Å². The van der Waals surface area contributed by atoms with E-state index in [0.29, 0.717) is 28.6 Å². The molecule has 2 atom stereocenters. The van der Waals surface area contributed by atoms with Gasteiger partial charge >= 0.3 is 6.09 Å². The quantitative estimate of drug-likeness (QED) is 0.526. The van der Waals surface area contributed by atoms with Crippen molar-refractivity contribution in [2.45, 2.75) is 44.2 Å². The molecular formula is C22H25ClN4O3S. The number of aromatic nitrogens is 3. The molecule has 0 saturated carbocycles. The van der Waals surface area contributed by atoms with Gasteiger partial charge in [-0.1, -0.05) is 24.6 Å². The van der Waals surface area contributed by atoms with Gasteiger partial charge in [0.05, 0.1) is 16.8 Å². The van der Waals surface area contributed by atoms with E-state index in [4.69, 9.17) is 21.4 Å². The van der Waals surface area contributed by atoms with Gasteiger partial charge in [0.15, 0.2) is 5.82 Å². The Morgan fingerprint density at radius 1 is 1.29 bits per heavy atom. The highest BCUT2D eigenvalue weighted by atomic mass is 35.5. The van der Waals surface area contributed by atoms with Gasteiger partial charge < -0.3 is 4.74 Å². The van der Waals surface area contributed by atoms with E-state index in [9.17, 15) is 9.59 Å². The summed E-state index contributed by atoms with van der Waals surface area (Å²) in [6, 6.07) is 8.93. The van der Waals surface area contributed by atoms with Crippen LogP contribution in [0.25, 0.3) is 11.2 Å². The normalized spacial score (nSPS) is 18.8. The lowest BCUT2D eigenvalue weighted by Gasteiger charge is -2.46. The van der Waals surface area contributed by atoms with Crippen LogP contribution in [-0.2, 0) is 4.74 Å². The van der Waals surface area contributed by atoms with E-state index < -0.39 is 17.7 Å². The van der Waals surface area contributed by atoms with Crippen molar-refractivity contribution in [2.24, 2.45) is 5.92 Å². The zero-order chi connectivity index (χ0) is 22.5. The molecule has 0 bridgehead atoms. The zero-order valence-corrected chi connectivity index (χ0v) is 19.7.